The van der Waals surface area contributed by atoms with Gasteiger partial charge in [-0.05, 0) is 83.3 Å². The minimum absolute atomic E-state index is 0.223. The van der Waals surface area contributed by atoms with E-state index in [-0.39, 0.29) is 5.28 Å². The van der Waals surface area contributed by atoms with Crippen LogP contribution in [0.3, 0.4) is 0 Å². The maximum atomic E-state index is 6.37. The van der Waals surface area contributed by atoms with E-state index in [0.29, 0.717) is 6.42 Å². The normalized spacial score (nSPS) is 21.0. The molecule has 0 saturated heterocycles. The second kappa shape index (κ2) is 7.08. The molecule has 1 unspecified atom stereocenters. The first-order valence-corrected chi connectivity index (χ1v) is 10.7. The van der Waals surface area contributed by atoms with Crippen LogP contribution in [0.15, 0.2) is 53.8 Å². The number of benzene rings is 1. The molecule has 28 heavy (non-hydrogen) atoms. The first-order valence-electron chi connectivity index (χ1n) is 9.23. The summed E-state index contributed by atoms with van der Waals surface area (Å²) in [6.45, 7) is 0. The Balaban J connectivity index is 1.68. The molecule has 140 valence electrons. The average molecular weight is 502 g/mol. The highest BCUT2D eigenvalue weighted by molar-refractivity contribution is 14.1. The zero-order valence-corrected chi connectivity index (χ0v) is 17.9. The molecule has 5 nitrogen and oxygen atoms in total. The molecule has 5 rings (SSSR count). The van der Waals surface area contributed by atoms with Crippen molar-refractivity contribution in [3.05, 3.63) is 68.9 Å². The molecule has 0 spiro atoms. The molecule has 1 aliphatic heterocycles. The molecule has 0 fully saturated rings. The van der Waals surface area contributed by atoms with Gasteiger partial charge in [0.1, 0.15) is 23.1 Å². The fourth-order valence-electron chi connectivity index (χ4n) is 3.97. The van der Waals surface area contributed by atoms with Crippen molar-refractivity contribution in [3.8, 4) is 0 Å². The Hall–Kier alpha value is -2.06. The number of halogens is 2. The van der Waals surface area contributed by atoms with Crippen molar-refractivity contribution in [2.24, 2.45) is 4.99 Å². The Morgan fingerprint density at radius 2 is 2.18 bits per heavy atom. The summed E-state index contributed by atoms with van der Waals surface area (Å²) in [4.78, 5) is 18.6. The minimum atomic E-state index is -0.626. The lowest BCUT2D eigenvalue weighted by Crippen LogP contribution is -2.25. The van der Waals surface area contributed by atoms with Crippen molar-refractivity contribution in [2.75, 3.05) is 0 Å². The van der Waals surface area contributed by atoms with Gasteiger partial charge in [0.25, 0.3) is 0 Å². The first kappa shape index (κ1) is 18.0. The summed E-state index contributed by atoms with van der Waals surface area (Å²) in [5.41, 5.74) is 4.05. The summed E-state index contributed by atoms with van der Waals surface area (Å²) in [5.74, 6) is 0. The molecular formula is C21H17ClIN5. The van der Waals surface area contributed by atoms with E-state index in [1.54, 1.807) is 0 Å². The zero-order chi connectivity index (χ0) is 19.1. The second-order valence-corrected chi connectivity index (χ2v) is 8.67. The Morgan fingerprint density at radius 1 is 1.25 bits per heavy atom. The van der Waals surface area contributed by atoms with Gasteiger partial charge in [0.05, 0.1) is 0 Å². The topological polar surface area (TPSA) is 56.0 Å². The Kier molecular flexibility index (Phi) is 4.55. The largest absolute Gasteiger partial charge is 0.287 e. The number of hydrogen-bond acceptors (Lipinski definition) is 4. The van der Waals surface area contributed by atoms with Gasteiger partial charge in [0.2, 0.25) is 5.28 Å². The summed E-state index contributed by atoms with van der Waals surface area (Å²) in [6, 6.07) is 8.44. The van der Waals surface area contributed by atoms with Crippen LogP contribution in [0.25, 0.3) is 16.9 Å². The van der Waals surface area contributed by atoms with Crippen molar-refractivity contribution < 1.29 is 0 Å². The van der Waals surface area contributed by atoms with Crippen LogP contribution in [0, 0.1) is 3.57 Å². The van der Waals surface area contributed by atoms with Crippen LogP contribution >= 0.6 is 34.2 Å². The minimum Gasteiger partial charge on any atom is -0.287 e. The van der Waals surface area contributed by atoms with Gasteiger partial charge < -0.3 is 0 Å². The third kappa shape index (κ3) is 3.08. The van der Waals surface area contributed by atoms with E-state index in [4.69, 9.17) is 16.6 Å². The van der Waals surface area contributed by atoms with Crippen molar-refractivity contribution in [1.29, 1.82) is 0 Å². The van der Waals surface area contributed by atoms with E-state index in [2.05, 4.69) is 74.0 Å². The maximum Gasteiger partial charge on any atom is 0.224 e. The monoisotopic (exact) mass is 501 g/mol. The van der Waals surface area contributed by atoms with Crippen LogP contribution in [0.4, 0.5) is 0 Å². The Bertz CT molecular complexity index is 1150. The first-order chi connectivity index (χ1) is 13.6. The van der Waals surface area contributed by atoms with E-state index in [9.17, 15) is 0 Å². The number of imidazole rings is 1. The lowest BCUT2D eigenvalue weighted by Gasteiger charge is -2.24. The number of nitrogens with zero attached hydrogens (tertiary/aromatic N) is 5. The van der Waals surface area contributed by atoms with Crippen LogP contribution in [0.2, 0.25) is 5.28 Å². The van der Waals surface area contributed by atoms with E-state index in [1.807, 2.05) is 23.2 Å². The van der Waals surface area contributed by atoms with Crippen LogP contribution in [0.1, 0.15) is 30.5 Å². The summed E-state index contributed by atoms with van der Waals surface area (Å²) < 4.78 is 3.24. The van der Waals surface area contributed by atoms with Gasteiger partial charge in [-0.25, -0.2) is 9.97 Å². The molecule has 0 bridgehead atoms. The van der Waals surface area contributed by atoms with Gasteiger partial charge in [-0.1, -0.05) is 18.2 Å². The van der Waals surface area contributed by atoms with Crippen LogP contribution in [-0.2, 0) is 12.0 Å². The van der Waals surface area contributed by atoms with Gasteiger partial charge >= 0.3 is 0 Å². The van der Waals surface area contributed by atoms with Gasteiger partial charge in [-0.15, -0.1) is 0 Å². The van der Waals surface area contributed by atoms with Crippen LogP contribution < -0.4 is 0 Å². The number of aromatic nitrogens is 4. The molecule has 2 aliphatic rings. The summed E-state index contributed by atoms with van der Waals surface area (Å²) >= 11 is 8.70. The van der Waals surface area contributed by atoms with Gasteiger partial charge in [0.15, 0.2) is 5.65 Å². The predicted molar refractivity (Wildman–Crippen MR) is 121 cm³/mol. The zero-order valence-electron chi connectivity index (χ0n) is 15.0. The molecule has 3 aromatic rings. The average Bonchev–Trinajstić information content (AvgIpc) is 3.41. The lowest BCUT2D eigenvalue weighted by atomic mass is 9.88. The number of hydrogen-bond donors (Lipinski definition) is 0. The third-order valence-corrected chi connectivity index (χ3v) is 6.07. The van der Waals surface area contributed by atoms with Crippen LogP contribution in [-0.4, -0.2) is 25.7 Å². The highest BCUT2D eigenvalue weighted by atomic mass is 127. The fraction of sp³-hybridized carbons (Fsp3) is 0.238. The van der Waals surface area contributed by atoms with Crippen molar-refractivity contribution >= 4 is 57.3 Å². The van der Waals surface area contributed by atoms with E-state index < -0.39 is 5.54 Å². The fourth-order valence-corrected chi connectivity index (χ4v) is 4.74. The summed E-state index contributed by atoms with van der Waals surface area (Å²) in [7, 11) is 0. The Morgan fingerprint density at radius 3 is 2.93 bits per heavy atom. The van der Waals surface area contributed by atoms with E-state index in [1.165, 1.54) is 14.8 Å². The van der Waals surface area contributed by atoms with E-state index in [0.717, 1.165) is 36.1 Å². The number of fused-ring (bicyclic) bond motifs is 1. The molecule has 0 N–H and O–H groups in total. The molecule has 7 heteroatoms. The van der Waals surface area contributed by atoms with Crippen molar-refractivity contribution in [2.45, 2.75) is 31.2 Å². The third-order valence-electron chi connectivity index (χ3n) is 5.23. The SMILES string of the molecule is Clc1nc(C2(Cc3cccc(I)c3)C=CC=N2)c2ncn(C3=CCCC3)c2n1. The smallest absolute Gasteiger partial charge is 0.224 e. The van der Waals surface area contributed by atoms with Gasteiger partial charge in [-0.2, -0.15) is 4.98 Å². The standard InChI is InChI=1S/C21H17ClIN5/c22-20-26-18(17-19(27-20)28(13-24-17)16-7-1-2-8-16)21(9-4-10-25-21)12-14-5-3-6-15(23)11-14/h3-7,9-11,13H,1-2,8,12H2. The van der Waals surface area contributed by atoms with E-state index >= 15 is 0 Å². The summed E-state index contributed by atoms with van der Waals surface area (Å²) in [5, 5.41) is 0.223. The maximum absolute atomic E-state index is 6.37. The lowest BCUT2D eigenvalue weighted by molar-refractivity contribution is 0.557. The molecule has 3 heterocycles. The van der Waals surface area contributed by atoms with Crippen LogP contribution in [0.5, 0.6) is 0 Å². The highest BCUT2D eigenvalue weighted by Crippen LogP contribution is 2.38. The molecule has 0 amide bonds. The molecule has 1 aromatic carbocycles. The number of allylic oxidation sites excluding steroid dienone is 3. The van der Waals surface area contributed by atoms with Gasteiger partial charge in [0, 0.05) is 21.9 Å². The number of aliphatic imine (C=N–C) groups is 1. The summed E-state index contributed by atoms with van der Waals surface area (Å²) in [6.07, 6.45) is 13.9. The quantitative estimate of drug-likeness (QED) is 0.365. The van der Waals surface area contributed by atoms with Crippen molar-refractivity contribution in [1.82, 2.24) is 19.5 Å². The molecule has 1 aliphatic carbocycles. The molecular weight excluding hydrogens is 485 g/mol. The van der Waals surface area contributed by atoms with Crippen molar-refractivity contribution in [3.63, 3.8) is 0 Å². The Labute approximate surface area is 181 Å². The van der Waals surface area contributed by atoms with Gasteiger partial charge in [-0.3, -0.25) is 9.56 Å². The molecule has 1 atom stereocenters. The predicted octanol–water partition coefficient (Wildman–Crippen LogP) is 5.19. The number of rotatable bonds is 4. The molecule has 0 radical (unpaired) electrons. The second-order valence-electron chi connectivity index (χ2n) is 7.08. The molecule has 0 saturated carbocycles. The highest BCUT2D eigenvalue weighted by Gasteiger charge is 2.36. The molecule has 2 aromatic heterocycles.